The fourth-order valence-corrected chi connectivity index (χ4v) is 3.01. The molecule has 0 heterocycles. The first-order valence-electron chi connectivity index (χ1n) is 8.18. The molecule has 0 aliphatic carbocycles. The predicted molar refractivity (Wildman–Crippen MR) is 111 cm³/mol. The van der Waals surface area contributed by atoms with Gasteiger partial charge in [-0.2, -0.15) is 5.10 Å². The molecular formula is C21H16BrClN2O2. The van der Waals surface area contributed by atoms with E-state index in [1.54, 1.807) is 24.4 Å². The SMILES string of the molecule is O=C(N/N=C/c1ccccc1OCc1ccccc1Cl)c1ccccc1Br. The Morgan fingerprint density at radius 1 is 1.04 bits per heavy atom. The van der Waals surface area contributed by atoms with Crippen molar-refractivity contribution in [3.63, 3.8) is 0 Å². The molecule has 0 saturated carbocycles. The first kappa shape index (κ1) is 19.1. The van der Waals surface area contributed by atoms with E-state index in [1.807, 2.05) is 54.6 Å². The molecule has 0 aliphatic rings. The number of hydrogen-bond acceptors (Lipinski definition) is 3. The number of carbonyl (C=O) groups is 1. The van der Waals surface area contributed by atoms with Gasteiger partial charge in [0.2, 0.25) is 0 Å². The van der Waals surface area contributed by atoms with Gasteiger partial charge in [-0.3, -0.25) is 4.79 Å². The average Bonchev–Trinajstić information content (AvgIpc) is 2.68. The van der Waals surface area contributed by atoms with Gasteiger partial charge in [0.1, 0.15) is 12.4 Å². The molecule has 0 spiro atoms. The lowest BCUT2D eigenvalue weighted by molar-refractivity contribution is 0.0954. The van der Waals surface area contributed by atoms with Crippen molar-refractivity contribution in [2.45, 2.75) is 6.61 Å². The summed E-state index contributed by atoms with van der Waals surface area (Å²) in [6.07, 6.45) is 1.55. The van der Waals surface area contributed by atoms with E-state index in [0.717, 1.165) is 11.1 Å². The summed E-state index contributed by atoms with van der Waals surface area (Å²) in [6, 6.07) is 22.1. The second-order valence-electron chi connectivity index (χ2n) is 5.60. The molecule has 27 heavy (non-hydrogen) atoms. The van der Waals surface area contributed by atoms with Gasteiger partial charge in [-0.1, -0.05) is 54.1 Å². The molecule has 136 valence electrons. The van der Waals surface area contributed by atoms with E-state index in [2.05, 4.69) is 26.5 Å². The first-order valence-corrected chi connectivity index (χ1v) is 9.35. The summed E-state index contributed by atoms with van der Waals surface area (Å²) in [5.41, 5.74) is 4.68. The third-order valence-electron chi connectivity index (χ3n) is 3.75. The number of halogens is 2. The van der Waals surface area contributed by atoms with Crippen LogP contribution in [-0.4, -0.2) is 12.1 Å². The number of ether oxygens (including phenoxy) is 1. The maximum atomic E-state index is 12.2. The Balaban J connectivity index is 1.67. The number of hydrazone groups is 1. The van der Waals surface area contributed by atoms with Crippen molar-refractivity contribution in [2.24, 2.45) is 5.10 Å². The van der Waals surface area contributed by atoms with Crippen LogP contribution in [0.15, 0.2) is 82.4 Å². The third kappa shape index (κ3) is 5.18. The number of nitrogens with one attached hydrogen (secondary N) is 1. The van der Waals surface area contributed by atoms with Crippen molar-refractivity contribution in [3.8, 4) is 5.75 Å². The van der Waals surface area contributed by atoms with Crippen molar-refractivity contribution >= 4 is 39.7 Å². The lowest BCUT2D eigenvalue weighted by Gasteiger charge is -2.10. The van der Waals surface area contributed by atoms with Gasteiger partial charge in [0.15, 0.2) is 0 Å². The minimum absolute atomic E-state index is 0.298. The summed E-state index contributed by atoms with van der Waals surface area (Å²) in [7, 11) is 0. The van der Waals surface area contributed by atoms with Crippen LogP contribution in [0, 0.1) is 0 Å². The van der Waals surface area contributed by atoms with Crippen LogP contribution in [-0.2, 0) is 6.61 Å². The molecule has 3 rings (SSSR count). The van der Waals surface area contributed by atoms with Crippen molar-refractivity contribution in [1.29, 1.82) is 0 Å². The summed E-state index contributed by atoms with van der Waals surface area (Å²) in [6.45, 7) is 0.341. The number of nitrogens with zero attached hydrogens (tertiary/aromatic N) is 1. The molecule has 3 aromatic carbocycles. The zero-order chi connectivity index (χ0) is 19.1. The topological polar surface area (TPSA) is 50.7 Å². The maximum Gasteiger partial charge on any atom is 0.272 e. The fourth-order valence-electron chi connectivity index (χ4n) is 2.36. The van der Waals surface area contributed by atoms with Crippen LogP contribution in [0.3, 0.4) is 0 Å². The van der Waals surface area contributed by atoms with Crippen molar-refractivity contribution in [1.82, 2.24) is 5.43 Å². The third-order valence-corrected chi connectivity index (χ3v) is 4.81. The van der Waals surface area contributed by atoms with Crippen molar-refractivity contribution in [2.75, 3.05) is 0 Å². The Morgan fingerprint density at radius 3 is 2.56 bits per heavy atom. The molecule has 4 nitrogen and oxygen atoms in total. The molecule has 3 aromatic rings. The van der Waals surface area contributed by atoms with E-state index >= 15 is 0 Å². The van der Waals surface area contributed by atoms with Gasteiger partial charge in [-0.05, 0) is 46.3 Å². The lowest BCUT2D eigenvalue weighted by Crippen LogP contribution is -2.18. The van der Waals surface area contributed by atoms with Gasteiger partial charge < -0.3 is 4.74 Å². The Kier molecular flexibility index (Phi) is 6.63. The molecule has 1 N–H and O–H groups in total. The standard InChI is InChI=1S/C21H16BrClN2O2/c22-18-10-4-3-9-17(18)21(26)25-24-13-15-7-2-6-12-20(15)27-14-16-8-1-5-11-19(16)23/h1-13H,14H2,(H,25,26)/b24-13+. The summed E-state index contributed by atoms with van der Waals surface area (Å²) in [5.74, 6) is 0.351. The highest BCUT2D eigenvalue weighted by atomic mass is 79.9. The Hall–Kier alpha value is -2.63. The van der Waals surface area contributed by atoms with Gasteiger partial charge in [-0.15, -0.1) is 0 Å². The molecule has 6 heteroatoms. The summed E-state index contributed by atoms with van der Waals surface area (Å²) >= 11 is 9.51. The van der Waals surface area contributed by atoms with Crippen LogP contribution in [0.25, 0.3) is 0 Å². The Bertz CT molecular complexity index is 976. The molecule has 0 aliphatic heterocycles. The molecule has 0 fully saturated rings. The minimum Gasteiger partial charge on any atom is -0.488 e. The molecule has 0 saturated heterocycles. The average molecular weight is 444 g/mol. The van der Waals surface area contributed by atoms with Crippen LogP contribution in [0.2, 0.25) is 5.02 Å². The Morgan fingerprint density at radius 2 is 1.74 bits per heavy atom. The summed E-state index contributed by atoms with van der Waals surface area (Å²) in [4.78, 5) is 12.2. The fraction of sp³-hybridized carbons (Fsp3) is 0.0476. The highest BCUT2D eigenvalue weighted by Gasteiger charge is 2.08. The van der Waals surface area contributed by atoms with E-state index < -0.39 is 0 Å². The van der Waals surface area contributed by atoms with Crippen LogP contribution in [0.4, 0.5) is 0 Å². The molecule has 0 unspecified atom stereocenters. The van der Waals surface area contributed by atoms with Gasteiger partial charge in [-0.25, -0.2) is 5.43 Å². The number of carbonyl (C=O) groups excluding carboxylic acids is 1. The van der Waals surface area contributed by atoms with Gasteiger partial charge in [0.05, 0.1) is 11.8 Å². The second kappa shape index (κ2) is 9.35. The molecule has 1 amide bonds. The molecule has 0 atom stereocenters. The smallest absolute Gasteiger partial charge is 0.272 e. The monoisotopic (exact) mass is 442 g/mol. The van der Waals surface area contributed by atoms with E-state index in [4.69, 9.17) is 16.3 Å². The minimum atomic E-state index is -0.298. The number of hydrogen-bond donors (Lipinski definition) is 1. The highest BCUT2D eigenvalue weighted by molar-refractivity contribution is 9.10. The predicted octanol–water partition coefficient (Wildman–Crippen LogP) is 5.45. The molecule has 0 aromatic heterocycles. The quantitative estimate of drug-likeness (QED) is 0.407. The largest absolute Gasteiger partial charge is 0.488 e. The van der Waals surface area contributed by atoms with E-state index in [0.29, 0.717) is 27.4 Å². The summed E-state index contributed by atoms with van der Waals surface area (Å²) < 4.78 is 6.58. The van der Waals surface area contributed by atoms with E-state index in [-0.39, 0.29) is 5.91 Å². The maximum absolute atomic E-state index is 12.2. The normalized spacial score (nSPS) is 10.7. The second-order valence-corrected chi connectivity index (χ2v) is 6.86. The van der Waals surface area contributed by atoms with Gasteiger partial charge in [0.25, 0.3) is 5.91 Å². The zero-order valence-corrected chi connectivity index (χ0v) is 16.6. The number of para-hydroxylation sites is 1. The van der Waals surface area contributed by atoms with E-state index in [1.165, 1.54) is 0 Å². The van der Waals surface area contributed by atoms with Crippen molar-refractivity contribution < 1.29 is 9.53 Å². The van der Waals surface area contributed by atoms with Crippen molar-refractivity contribution in [3.05, 3.63) is 99.0 Å². The summed E-state index contributed by atoms with van der Waals surface area (Å²) in [5, 5.41) is 4.70. The van der Waals surface area contributed by atoms with Crippen LogP contribution in [0.5, 0.6) is 5.75 Å². The van der Waals surface area contributed by atoms with Crippen LogP contribution >= 0.6 is 27.5 Å². The lowest BCUT2D eigenvalue weighted by atomic mass is 10.2. The Labute approximate surface area is 171 Å². The number of rotatable bonds is 6. The number of benzene rings is 3. The molecular weight excluding hydrogens is 428 g/mol. The molecule has 0 bridgehead atoms. The number of amides is 1. The van der Waals surface area contributed by atoms with Crippen LogP contribution < -0.4 is 10.2 Å². The van der Waals surface area contributed by atoms with Gasteiger partial charge >= 0.3 is 0 Å². The molecule has 0 radical (unpaired) electrons. The van der Waals surface area contributed by atoms with Gasteiger partial charge in [0, 0.05) is 20.6 Å². The first-order chi connectivity index (χ1) is 13.1. The van der Waals surface area contributed by atoms with Crippen LogP contribution in [0.1, 0.15) is 21.5 Å². The highest BCUT2D eigenvalue weighted by Crippen LogP contribution is 2.21. The van der Waals surface area contributed by atoms with E-state index in [9.17, 15) is 4.79 Å². The zero-order valence-electron chi connectivity index (χ0n) is 14.2.